The van der Waals surface area contributed by atoms with Gasteiger partial charge in [0.25, 0.3) is 0 Å². The standard InChI is InChI=1S/C8H7BF4O3/c1-16-5-3-2-4(8(11,12)13)7(10)6(5)9(14)15/h2-3,14-15H,1H3. The maximum Gasteiger partial charge on any atom is 0.495 e. The fraction of sp³-hybridized carbons (Fsp3) is 0.250. The van der Waals surface area contributed by atoms with Crippen molar-refractivity contribution in [1.29, 1.82) is 0 Å². The van der Waals surface area contributed by atoms with E-state index in [2.05, 4.69) is 4.74 Å². The largest absolute Gasteiger partial charge is 0.497 e. The Bertz CT molecular complexity index is 392. The van der Waals surface area contributed by atoms with Gasteiger partial charge in [-0.15, -0.1) is 0 Å². The number of hydrogen-bond acceptors (Lipinski definition) is 3. The van der Waals surface area contributed by atoms with Crippen molar-refractivity contribution in [3.8, 4) is 5.75 Å². The minimum Gasteiger partial charge on any atom is -0.497 e. The molecule has 0 radical (unpaired) electrons. The predicted molar refractivity (Wildman–Crippen MR) is 47.8 cm³/mol. The molecule has 0 aliphatic rings. The maximum atomic E-state index is 13.3. The fourth-order valence-electron chi connectivity index (χ4n) is 1.21. The monoisotopic (exact) mass is 238 g/mol. The van der Waals surface area contributed by atoms with Gasteiger partial charge < -0.3 is 14.8 Å². The van der Waals surface area contributed by atoms with Crippen molar-refractivity contribution in [3.63, 3.8) is 0 Å². The summed E-state index contributed by atoms with van der Waals surface area (Å²) in [5, 5.41) is 17.5. The van der Waals surface area contributed by atoms with Crippen LogP contribution in [0.2, 0.25) is 0 Å². The van der Waals surface area contributed by atoms with Gasteiger partial charge in [0, 0.05) is 0 Å². The molecule has 0 spiro atoms. The first-order valence-electron chi connectivity index (χ1n) is 4.08. The topological polar surface area (TPSA) is 49.7 Å². The lowest BCUT2D eigenvalue weighted by Gasteiger charge is -2.14. The molecular formula is C8H7BF4O3. The summed E-state index contributed by atoms with van der Waals surface area (Å²) in [6.07, 6.45) is -4.90. The number of halogens is 4. The second kappa shape index (κ2) is 4.30. The summed E-state index contributed by atoms with van der Waals surface area (Å²) >= 11 is 0. The van der Waals surface area contributed by atoms with Crippen LogP contribution in [0.5, 0.6) is 5.75 Å². The molecule has 0 fully saturated rings. The highest BCUT2D eigenvalue weighted by atomic mass is 19.4. The Morgan fingerprint density at radius 3 is 2.19 bits per heavy atom. The summed E-state index contributed by atoms with van der Waals surface area (Å²) in [6, 6.07) is 1.29. The van der Waals surface area contributed by atoms with Crippen LogP contribution in [-0.4, -0.2) is 24.3 Å². The first kappa shape index (κ1) is 12.8. The van der Waals surface area contributed by atoms with Gasteiger partial charge >= 0.3 is 13.3 Å². The zero-order valence-electron chi connectivity index (χ0n) is 8.05. The van der Waals surface area contributed by atoms with Crippen molar-refractivity contribution in [2.45, 2.75) is 6.18 Å². The van der Waals surface area contributed by atoms with E-state index in [0.29, 0.717) is 6.07 Å². The second-order valence-corrected chi connectivity index (χ2v) is 2.91. The summed E-state index contributed by atoms with van der Waals surface area (Å²) in [5.41, 5.74) is -2.51. The zero-order valence-corrected chi connectivity index (χ0v) is 8.05. The molecule has 0 atom stereocenters. The molecule has 1 aromatic carbocycles. The Labute approximate surface area is 88.4 Å². The van der Waals surface area contributed by atoms with Gasteiger partial charge in [-0.2, -0.15) is 13.2 Å². The van der Waals surface area contributed by atoms with E-state index in [9.17, 15) is 17.6 Å². The molecule has 1 aromatic rings. The third kappa shape index (κ3) is 2.28. The molecule has 16 heavy (non-hydrogen) atoms. The molecular weight excluding hydrogens is 231 g/mol. The number of methoxy groups -OCH3 is 1. The molecule has 0 heterocycles. The SMILES string of the molecule is COc1ccc(C(F)(F)F)c(F)c1B(O)O. The van der Waals surface area contributed by atoms with Crippen molar-refractivity contribution >= 4 is 12.6 Å². The molecule has 1 rings (SSSR count). The molecule has 0 aliphatic carbocycles. The van der Waals surface area contributed by atoms with Gasteiger partial charge in [-0.25, -0.2) is 4.39 Å². The van der Waals surface area contributed by atoms with Crippen LogP contribution in [0.25, 0.3) is 0 Å². The van der Waals surface area contributed by atoms with E-state index in [4.69, 9.17) is 10.0 Å². The van der Waals surface area contributed by atoms with Crippen LogP contribution in [0.15, 0.2) is 12.1 Å². The first-order valence-corrected chi connectivity index (χ1v) is 4.08. The fourth-order valence-corrected chi connectivity index (χ4v) is 1.21. The third-order valence-electron chi connectivity index (χ3n) is 1.92. The summed E-state index contributed by atoms with van der Waals surface area (Å²) < 4.78 is 54.7. The quantitative estimate of drug-likeness (QED) is 0.583. The Morgan fingerprint density at radius 1 is 1.25 bits per heavy atom. The average Bonchev–Trinajstić information content (AvgIpc) is 2.14. The van der Waals surface area contributed by atoms with Crippen molar-refractivity contribution in [2.75, 3.05) is 7.11 Å². The Balaban J connectivity index is 3.44. The minimum atomic E-state index is -4.90. The second-order valence-electron chi connectivity index (χ2n) is 2.91. The van der Waals surface area contributed by atoms with Crippen LogP contribution in [0.4, 0.5) is 17.6 Å². The zero-order chi connectivity index (χ0) is 12.5. The molecule has 0 aromatic heterocycles. The van der Waals surface area contributed by atoms with Crippen molar-refractivity contribution in [2.24, 2.45) is 0 Å². The summed E-state index contributed by atoms with van der Waals surface area (Å²) in [7, 11) is -1.30. The van der Waals surface area contributed by atoms with E-state index >= 15 is 0 Å². The van der Waals surface area contributed by atoms with Crippen LogP contribution >= 0.6 is 0 Å². The average molecular weight is 238 g/mol. The van der Waals surface area contributed by atoms with Gasteiger partial charge in [-0.05, 0) is 12.1 Å². The molecule has 2 N–H and O–H groups in total. The van der Waals surface area contributed by atoms with Crippen molar-refractivity contribution in [1.82, 2.24) is 0 Å². The summed E-state index contributed by atoms with van der Waals surface area (Å²) in [5.74, 6) is -2.11. The Kier molecular flexibility index (Phi) is 3.44. The van der Waals surface area contributed by atoms with Crippen LogP contribution in [-0.2, 0) is 6.18 Å². The highest BCUT2D eigenvalue weighted by molar-refractivity contribution is 6.59. The van der Waals surface area contributed by atoms with E-state index in [1.165, 1.54) is 0 Å². The lowest BCUT2D eigenvalue weighted by Crippen LogP contribution is -2.35. The number of benzene rings is 1. The molecule has 0 amide bonds. The molecule has 88 valence electrons. The number of ether oxygens (including phenoxy) is 1. The smallest absolute Gasteiger partial charge is 0.495 e. The minimum absolute atomic E-state index is 0.361. The molecule has 0 saturated carbocycles. The highest BCUT2D eigenvalue weighted by Gasteiger charge is 2.37. The van der Waals surface area contributed by atoms with E-state index in [1.54, 1.807) is 0 Å². The molecule has 8 heteroatoms. The molecule has 3 nitrogen and oxygen atoms in total. The number of rotatable bonds is 2. The Hall–Kier alpha value is -1.28. The van der Waals surface area contributed by atoms with E-state index in [1.807, 2.05) is 0 Å². The van der Waals surface area contributed by atoms with Crippen LogP contribution in [0.3, 0.4) is 0 Å². The van der Waals surface area contributed by atoms with Gasteiger partial charge in [0.1, 0.15) is 11.6 Å². The van der Waals surface area contributed by atoms with E-state index in [0.717, 1.165) is 13.2 Å². The molecule has 0 bridgehead atoms. The molecule has 0 saturated heterocycles. The van der Waals surface area contributed by atoms with Gasteiger partial charge in [-0.1, -0.05) is 0 Å². The molecule has 0 unspecified atom stereocenters. The van der Waals surface area contributed by atoms with Crippen LogP contribution < -0.4 is 10.2 Å². The van der Waals surface area contributed by atoms with Crippen molar-refractivity contribution in [3.05, 3.63) is 23.5 Å². The predicted octanol–water partition coefficient (Wildman–Crippen LogP) is 0.533. The van der Waals surface area contributed by atoms with E-state index in [-0.39, 0.29) is 5.75 Å². The Morgan fingerprint density at radius 2 is 1.81 bits per heavy atom. The van der Waals surface area contributed by atoms with Gasteiger partial charge in [0.15, 0.2) is 0 Å². The highest BCUT2D eigenvalue weighted by Crippen LogP contribution is 2.32. The molecule has 0 aliphatic heterocycles. The third-order valence-corrected chi connectivity index (χ3v) is 1.92. The summed E-state index contributed by atoms with van der Waals surface area (Å²) in [4.78, 5) is 0. The summed E-state index contributed by atoms with van der Waals surface area (Å²) in [6.45, 7) is 0. The van der Waals surface area contributed by atoms with Gasteiger partial charge in [-0.3, -0.25) is 0 Å². The maximum absolute atomic E-state index is 13.3. The lowest BCUT2D eigenvalue weighted by molar-refractivity contribution is -0.139. The normalized spacial score (nSPS) is 11.4. The number of alkyl halides is 3. The lowest BCUT2D eigenvalue weighted by atomic mass is 9.78. The van der Waals surface area contributed by atoms with E-state index < -0.39 is 30.1 Å². The van der Waals surface area contributed by atoms with Gasteiger partial charge in [0.05, 0.1) is 18.1 Å². The van der Waals surface area contributed by atoms with Crippen LogP contribution in [0, 0.1) is 5.82 Å². The first-order chi connectivity index (χ1) is 7.29. The van der Waals surface area contributed by atoms with Crippen LogP contribution in [0.1, 0.15) is 5.56 Å². The van der Waals surface area contributed by atoms with Gasteiger partial charge in [0.2, 0.25) is 0 Å². The number of hydrogen-bond donors (Lipinski definition) is 2. The van der Waals surface area contributed by atoms with Crippen molar-refractivity contribution < 1.29 is 32.3 Å².